The van der Waals surface area contributed by atoms with Crippen molar-refractivity contribution in [2.24, 2.45) is 11.7 Å². The first-order chi connectivity index (χ1) is 11.2. The van der Waals surface area contributed by atoms with E-state index in [1.165, 1.54) is 5.56 Å². The molecule has 1 aromatic carbocycles. The highest BCUT2D eigenvalue weighted by Gasteiger charge is 2.30. The number of carbonyl (C=O) groups is 1. The Kier molecular flexibility index (Phi) is 6.90. The van der Waals surface area contributed by atoms with Crippen molar-refractivity contribution in [2.75, 3.05) is 19.8 Å². The smallest absolute Gasteiger partial charge is 0.237 e. The largest absolute Gasteiger partial charge is 0.493 e. The van der Waals surface area contributed by atoms with E-state index in [1.54, 1.807) is 0 Å². The lowest BCUT2D eigenvalue weighted by molar-refractivity contribution is -0.125. The first-order valence-electron chi connectivity index (χ1n) is 8.59. The fourth-order valence-corrected chi connectivity index (χ4v) is 3.47. The fourth-order valence-electron chi connectivity index (χ4n) is 3.47. The highest BCUT2D eigenvalue weighted by atomic mass is 35.5. The molecule has 0 radical (unpaired) electrons. The molecule has 2 unspecified atom stereocenters. The molecule has 3 N–H and O–H groups in total. The van der Waals surface area contributed by atoms with E-state index >= 15 is 0 Å². The van der Waals surface area contributed by atoms with Gasteiger partial charge in [0.05, 0.1) is 18.7 Å². The number of carbonyl (C=O) groups excluding carboxylic acids is 1. The normalized spacial score (nSPS) is 21.8. The molecule has 2 atom stereocenters. The van der Waals surface area contributed by atoms with Crippen LogP contribution in [0.3, 0.4) is 0 Å². The summed E-state index contributed by atoms with van der Waals surface area (Å²) in [5.74, 6) is 1.09. The van der Waals surface area contributed by atoms with E-state index in [-0.39, 0.29) is 30.3 Å². The first kappa shape index (κ1) is 19.0. The van der Waals surface area contributed by atoms with Gasteiger partial charge in [-0.25, -0.2) is 0 Å². The van der Waals surface area contributed by atoms with Crippen molar-refractivity contribution in [1.82, 2.24) is 5.32 Å². The van der Waals surface area contributed by atoms with Crippen LogP contribution in [0.1, 0.15) is 43.4 Å². The number of amides is 1. The molecule has 1 aromatic rings. The molecule has 6 heteroatoms. The van der Waals surface area contributed by atoms with Crippen LogP contribution in [-0.2, 0) is 16.0 Å². The van der Waals surface area contributed by atoms with Gasteiger partial charge in [0.2, 0.25) is 5.91 Å². The third kappa shape index (κ3) is 4.02. The number of ether oxygens (including phenoxy) is 2. The van der Waals surface area contributed by atoms with Crippen LogP contribution in [0.15, 0.2) is 18.2 Å². The van der Waals surface area contributed by atoms with Gasteiger partial charge in [-0.15, -0.1) is 12.4 Å². The average molecular weight is 355 g/mol. The molecular weight excluding hydrogens is 328 g/mol. The third-order valence-electron chi connectivity index (χ3n) is 4.93. The summed E-state index contributed by atoms with van der Waals surface area (Å²) in [6, 6.07) is 5.68. The summed E-state index contributed by atoms with van der Waals surface area (Å²) < 4.78 is 11.2. The Balaban J connectivity index is 0.00000208. The minimum Gasteiger partial charge on any atom is -0.493 e. The van der Waals surface area contributed by atoms with Gasteiger partial charge in [0.15, 0.2) is 0 Å². The minimum absolute atomic E-state index is 0. The molecule has 24 heavy (non-hydrogen) atoms. The van der Waals surface area contributed by atoms with Crippen LogP contribution in [0.4, 0.5) is 0 Å². The second-order valence-corrected chi connectivity index (χ2v) is 6.36. The molecule has 2 aliphatic heterocycles. The third-order valence-corrected chi connectivity index (χ3v) is 4.93. The number of nitrogens with two attached hydrogens (primary N) is 1. The molecule has 1 saturated heterocycles. The van der Waals surface area contributed by atoms with Crippen LogP contribution in [-0.4, -0.2) is 31.8 Å². The Bertz CT molecular complexity index is 561. The lowest BCUT2D eigenvalue weighted by atomic mass is 9.91. The van der Waals surface area contributed by atoms with Gasteiger partial charge < -0.3 is 20.5 Å². The van der Waals surface area contributed by atoms with Gasteiger partial charge in [0.1, 0.15) is 5.75 Å². The van der Waals surface area contributed by atoms with Crippen molar-refractivity contribution in [2.45, 2.75) is 44.7 Å². The van der Waals surface area contributed by atoms with Crippen LogP contribution < -0.4 is 15.8 Å². The van der Waals surface area contributed by atoms with E-state index in [9.17, 15) is 4.79 Å². The molecule has 0 aliphatic carbocycles. The van der Waals surface area contributed by atoms with Crippen LogP contribution >= 0.6 is 12.4 Å². The van der Waals surface area contributed by atoms with Crippen molar-refractivity contribution in [3.63, 3.8) is 0 Å². The summed E-state index contributed by atoms with van der Waals surface area (Å²) in [7, 11) is 0. The number of para-hydroxylation sites is 1. The highest BCUT2D eigenvalue weighted by Crippen LogP contribution is 2.35. The molecule has 1 amide bonds. The van der Waals surface area contributed by atoms with Crippen molar-refractivity contribution >= 4 is 18.3 Å². The summed E-state index contributed by atoms with van der Waals surface area (Å²) in [5, 5.41) is 3.14. The number of hydrogen-bond donors (Lipinski definition) is 2. The fraction of sp³-hybridized carbons (Fsp3) is 0.611. The first-order valence-corrected chi connectivity index (χ1v) is 8.59. The molecule has 1 fully saturated rings. The van der Waals surface area contributed by atoms with Gasteiger partial charge in [-0.1, -0.05) is 25.1 Å². The molecule has 0 bridgehead atoms. The predicted molar refractivity (Wildman–Crippen MR) is 95.6 cm³/mol. The number of fused-ring (bicyclic) bond motifs is 1. The maximum Gasteiger partial charge on any atom is 0.237 e. The van der Waals surface area contributed by atoms with Crippen LogP contribution in [0, 0.1) is 5.92 Å². The van der Waals surface area contributed by atoms with Crippen molar-refractivity contribution in [3.05, 3.63) is 29.3 Å². The summed E-state index contributed by atoms with van der Waals surface area (Å²) >= 11 is 0. The number of hydrogen-bond acceptors (Lipinski definition) is 4. The number of aryl methyl sites for hydroxylation is 1. The Morgan fingerprint density at radius 1 is 1.29 bits per heavy atom. The Morgan fingerprint density at radius 2 is 2.04 bits per heavy atom. The molecule has 2 aliphatic rings. The molecule has 5 nitrogen and oxygen atoms in total. The standard InChI is InChI=1S/C18H26N2O3.ClH/c1-2-12-4-3-5-14-15(8-11-23-17(12)14)20-18(21)16(19)13-6-9-22-10-7-13;/h3-5,13,15-16H,2,6-11,19H2,1H3,(H,20,21);1H. The minimum atomic E-state index is -0.459. The Morgan fingerprint density at radius 3 is 2.75 bits per heavy atom. The highest BCUT2D eigenvalue weighted by molar-refractivity contribution is 5.85. The van der Waals surface area contributed by atoms with E-state index in [4.69, 9.17) is 15.2 Å². The molecule has 3 rings (SSSR count). The van der Waals surface area contributed by atoms with E-state index < -0.39 is 6.04 Å². The number of nitrogens with one attached hydrogen (secondary N) is 1. The number of rotatable bonds is 4. The van der Waals surface area contributed by atoms with Crippen LogP contribution in [0.5, 0.6) is 5.75 Å². The van der Waals surface area contributed by atoms with E-state index in [0.717, 1.165) is 37.0 Å². The van der Waals surface area contributed by atoms with Gasteiger partial charge in [-0.05, 0) is 30.7 Å². The van der Waals surface area contributed by atoms with Gasteiger partial charge in [-0.2, -0.15) is 0 Å². The Labute approximate surface area is 149 Å². The average Bonchev–Trinajstić information content (AvgIpc) is 2.61. The van der Waals surface area contributed by atoms with E-state index in [1.807, 2.05) is 12.1 Å². The molecule has 0 spiro atoms. The molecular formula is C18H27ClN2O3. The van der Waals surface area contributed by atoms with Crippen LogP contribution in [0.25, 0.3) is 0 Å². The monoisotopic (exact) mass is 354 g/mol. The Hall–Kier alpha value is -1.30. The molecule has 0 aromatic heterocycles. The predicted octanol–water partition coefficient (Wildman–Crippen LogP) is 2.36. The van der Waals surface area contributed by atoms with Gasteiger partial charge >= 0.3 is 0 Å². The summed E-state index contributed by atoms with van der Waals surface area (Å²) in [6.07, 6.45) is 3.43. The lowest BCUT2D eigenvalue weighted by Crippen LogP contribution is -2.48. The van der Waals surface area contributed by atoms with Crippen molar-refractivity contribution in [1.29, 1.82) is 0 Å². The van der Waals surface area contributed by atoms with Gasteiger partial charge in [0, 0.05) is 25.2 Å². The van der Waals surface area contributed by atoms with E-state index in [0.29, 0.717) is 19.8 Å². The zero-order chi connectivity index (χ0) is 16.2. The van der Waals surface area contributed by atoms with Crippen molar-refractivity contribution < 1.29 is 14.3 Å². The quantitative estimate of drug-likeness (QED) is 0.870. The second-order valence-electron chi connectivity index (χ2n) is 6.36. The summed E-state index contributed by atoms with van der Waals surface area (Å²) in [4.78, 5) is 12.6. The van der Waals surface area contributed by atoms with Crippen LogP contribution in [0.2, 0.25) is 0 Å². The molecule has 0 saturated carbocycles. The topological polar surface area (TPSA) is 73.6 Å². The number of benzene rings is 1. The zero-order valence-corrected chi connectivity index (χ0v) is 14.9. The summed E-state index contributed by atoms with van der Waals surface area (Å²) in [5.41, 5.74) is 8.45. The maximum atomic E-state index is 12.6. The molecule has 2 heterocycles. The SMILES string of the molecule is CCc1cccc2c1OCCC2NC(=O)C(N)C1CCOCC1.Cl. The number of halogens is 1. The van der Waals surface area contributed by atoms with Gasteiger partial charge in [-0.3, -0.25) is 4.79 Å². The zero-order valence-electron chi connectivity index (χ0n) is 14.1. The van der Waals surface area contributed by atoms with Crippen molar-refractivity contribution in [3.8, 4) is 5.75 Å². The van der Waals surface area contributed by atoms with E-state index in [2.05, 4.69) is 18.3 Å². The van der Waals surface area contributed by atoms with Gasteiger partial charge in [0.25, 0.3) is 0 Å². The molecule has 134 valence electrons. The maximum absolute atomic E-state index is 12.6. The second kappa shape index (κ2) is 8.70. The summed E-state index contributed by atoms with van der Waals surface area (Å²) in [6.45, 7) is 4.14. The lowest BCUT2D eigenvalue weighted by Gasteiger charge is -2.31.